The highest BCUT2D eigenvalue weighted by Crippen LogP contribution is 2.25. The topological polar surface area (TPSA) is 42.0 Å². The molecule has 0 amide bonds. The molecule has 1 rings (SSSR count). The van der Waals surface area contributed by atoms with Crippen molar-refractivity contribution in [1.82, 2.24) is 9.80 Å². The molecule has 5 nitrogen and oxygen atoms in total. The molecule has 1 heterocycles. The Morgan fingerprint density at radius 1 is 1.26 bits per heavy atom. The van der Waals surface area contributed by atoms with Crippen molar-refractivity contribution in [3.63, 3.8) is 0 Å². The number of piperazine rings is 1. The molecule has 19 heavy (non-hydrogen) atoms. The van der Waals surface area contributed by atoms with Crippen molar-refractivity contribution < 1.29 is 14.3 Å². The zero-order valence-electron chi connectivity index (χ0n) is 12.8. The van der Waals surface area contributed by atoms with Crippen LogP contribution in [-0.4, -0.2) is 74.9 Å². The monoisotopic (exact) mass is 272 g/mol. The molecule has 0 spiro atoms. The van der Waals surface area contributed by atoms with E-state index < -0.39 is 0 Å². The van der Waals surface area contributed by atoms with Gasteiger partial charge in [0.1, 0.15) is 0 Å². The van der Waals surface area contributed by atoms with Crippen molar-refractivity contribution in [2.24, 2.45) is 0 Å². The molecule has 0 N–H and O–H groups in total. The maximum Gasteiger partial charge on any atom is 0.307 e. The molecule has 1 atom stereocenters. The Bertz CT molecular complexity index is 278. The average Bonchev–Trinajstić information content (AvgIpc) is 2.37. The molecule has 0 saturated carbocycles. The van der Waals surface area contributed by atoms with Gasteiger partial charge in [-0.25, -0.2) is 0 Å². The summed E-state index contributed by atoms with van der Waals surface area (Å²) in [5.41, 5.74) is -0.163. The van der Waals surface area contributed by atoms with Crippen LogP contribution in [0.1, 0.15) is 26.7 Å². The molecule has 0 aromatic heterocycles. The second kappa shape index (κ2) is 7.82. The zero-order chi connectivity index (χ0) is 14.3. The lowest BCUT2D eigenvalue weighted by molar-refractivity contribution is -0.147. The molecule has 0 aromatic rings. The minimum Gasteiger partial charge on any atom is -0.466 e. The van der Waals surface area contributed by atoms with E-state index in [-0.39, 0.29) is 11.5 Å². The van der Waals surface area contributed by atoms with Crippen molar-refractivity contribution in [2.45, 2.75) is 32.2 Å². The molecular weight excluding hydrogens is 244 g/mol. The third-order valence-electron chi connectivity index (χ3n) is 3.94. The van der Waals surface area contributed by atoms with E-state index >= 15 is 0 Å². The molecule has 1 unspecified atom stereocenters. The minimum absolute atomic E-state index is 0.111. The number of rotatable bonds is 7. The Labute approximate surface area is 116 Å². The average molecular weight is 272 g/mol. The fourth-order valence-corrected chi connectivity index (χ4v) is 2.55. The number of nitrogens with zero attached hydrogens (tertiary/aromatic N) is 2. The predicted octanol–water partition coefficient (Wildman–Crippen LogP) is 0.982. The normalized spacial score (nSPS) is 21.1. The predicted molar refractivity (Wildman–Crippen MR) is 75.2 cm³/mol. The van der Waals surface area contributed by atoms with Gasteiger partial charge in [-0.1, -0.05) is 0 Å². The Hall–Kier alpha value is -0.650. The molecule has 0 aromatic carbocycles. The summed E-state index contributed by atoms with van der Waals surface area (Å²) in [4.78, 5) is 16.6. The van der Waals surface area contributed by atoms with E-state index in [0.29, 0.717) is 19.6 Å². The molecule has 0 aliphatic carbocycles. The van der Waals surface area contributed by atoms with Crippen LogP contribution in [0, 0.1) is 0 Å². The van der Waals surface area contributed by atoms with E-state index in [1.54, 1.807) is 7.11 Å². The summed E-state index contributed by atoms with van der Waals surface area (Å²) >= 11 is 0. The van der Waals surface area contributed by atoms with E-state index in [1.165, 1.54) is 0 Å². The first-order valence-electron chi connectivity index (χ1n) is 7.10. The van der Waals surface area contributed by atoms with E-state index in [0.717, 1.165) is 32.6 Å². The highest BCUT2D eigenvalue weighted by atomic mass is 16.5. The number of carbonyl (C=O) groups excluding carboxylic acids is 1. The third kappa shape index (κ3) is 5.09. The van der Waals surface area contributed by atoms with Gasteiger partial charge in [-0.15, -0.1) is 0 Å². The number of ether oxygens (including phenoxy) is 2. The Balaban J connectivity index is 2.65. The lowest BCUT2D eigenvalue weighted by atomic mass is 9.90. The molecule has 5 heteroatoms. The first kappa shape index (κ1) is 16.4. The van der Waals surface area contributed by atoms with Crippen molar-refractivity contribution in [1.29, 1.82) is 0 Å². The number of hydrogen-bond acceptors (Lipinski definition) is 5. The van der Waals surface area contributed by atoms with Crippen LogP contribution < -0.4 is 0 Å². The summed E-state index contributed by atoms with van der Waals surface area (Å²) < 4.78 is 10.3. The molecular formula is C14H28N2O3. The minimum atomic E-state index is -0.163. The standard InChI is InChI=1S/C14H28N2O3/c1-5-19-13(17)12-14(2,6-11-18-4)16-9-7-15(3)8-10-16/h5-12H2,1-4H3. The van der Waals surface area contributed by atoms with Crippen LogP contribution in [0.4, 0.5) is 0 Å². The van der Waals surface area contributed by atoms with Crippen LogP contribution in [0.2, 0.25) is 0 Å². The third-order valence-corrected chi connectivity index (χ3v) is 3.94. The Morgan fingerprint density at radius 3 is 2.42 bits per heavy atom. The van der Waals surface area contributed by atoms with Gasteiger partial charge in [0.05, 0.1) is 13.0 Å². The summed E-state index contributed by atoms with van der Waals surface area (Å²) in [5, 5.41) is 0. The van der Waals surface area contributed by atoms with Crippen LogP contribution in [0.5, 0.6) is 0 Å². The first-order valence-corrected chi connectivity index (χ1v) is 7.10. The first-order chi connectivity index (χ1) is 9.01. The van der Waals surface area contributed by atoms with Gasteiger partial charge in [0.2, 0.25) is 0 Å². The number of esters is 1. The van der Waals surface area contributed by atoms with Crippen molar-refractivity contribution in [3.8, 4) is 0 Å². The van der Waals surface area contributed by atoms with Crippen LogP contribution in [0.25, 0.3) is 0 Å². The van der Waals surface area contributed by atoms with Gasteiger partial charge in [0, 0.05) is 45.4 Å². The van der Waals surface area contributed by atoms with Gasteiger partial charge in [0.15, 0.2) is 0 Å². The number of likely N-dealkylation sites (N-methyl/N-ethyl adjacent to an activating group) is 1. The molecule has 0 bridgehead atoms. The maximum absolute atomic E-state index is 11.8. The van der Waals surface area contributed by atoms with Gasteiger partial charge < -0.3 is 14.4 Å². The van der Waals surface area contributed by atoms with E-state index in [9.17, 15) is 4.79 Å². The molecule has 1 fully saturated rings. The van der Waals surface area contributed by atoms with Gasteiger partial charge >= 0.3 is 5.97 Å². The fraction of sp³-hybridized carbons (Fsp3) is 0.929. The zero-order valence-corrected chi connectivity index (χ0v) is 12.8. The fourth-order valence-electron chi connectivity index (χ4n) is 2.55. The van der Waals surface area contributed by atoms with E-state index in [2.05, 4.69) is 23.8 Å². The number of methoxy groups -OCH3 is 1. The van der Waals surface area contributed by atoms with E-state index in [1.807, 2.05) is 6.92 Å². The van der Waals surface area contributed by atoms with Crippen molar-refractivity contribution >= 4 is 5.97 Å². The number of hydrogen-bond donors (Lipinski definition) is 0. The van der Waals surface area contributed by atoms with Crippen LogP contribution >= 0.6 is 0 Å². The lowest BCUT2D eigenvalue weighted by Crippen LogP contribution is -2.56. The second-order valence-electron chi connectivity index (χ2n) is 5.51. The molecule has 112 valence electrons. The highest BCUT2D eigenvalue weighted by Gasteiger charge is 2.35. The van der Waals surface area contributed by atoms with Crippen LogP contribution in [0.15, 0.2) is 0 Å². The summed E-state index contributed by atoms with van der Waals surface area (Å²) in [6.07, 6.45) is 1.29. The van der Waals surface area contributed by atoms with Gasteiger partial charge in [-0.2, -0.15) is 0 Å². The van der Waals surface area contributed by atoms with Crippen LogP contribution in [0.3, 0.4) is 0 Å². The summed E-state index contributed by atoms with van der Waals surface area (Å²) in [6, 6.07) is 0. The number of carbonyl (C=O) groups is 1. The lowest BCUT2D eigenvalue weighted by Gasteiger charge is -2.45. The van der Waals surface area contributed by atoms with E-state index in [4.69, 9.17) is 9.47 Å². The molecule has 1 saturated heterocycles. The Kier molecular flexibility index (Phi) is 6.75. The quantitative estimate of drug-likeness (QED) is 0.646. The van der Waals surface area contributed by atoms with Gasteiger partial charge in [-0.05, 0) is 27.3 Å². The van der Waals surface area contributed by atoms with Gasteiger partial charge in [-0.3, -0.25) is 9.69 Å². The van der Waals surface area contributed by atoms with Crippen LogP contribution in [-0.2, 0) is 14.3 Å². The van der Waals surface area contributed by atoms with Crippen molar-refractivity contribution in [2.75, 3.05) is 53.6 Å². The molecule has 1 aliphatic rings. The van der Waals surface area contributed by atoms with Crippen molar-refractivity contribution in [3.05, 3.63) is 0 Å². The highest BCUT2D eigenvalue weighted by molar-refractivity contribution is 5.70. The van der Waals surface area contributed by atoms with Gasteiger partial charge in [0.25, 0.3) is 0 Å². The summed E-state index contributed by atoms with van der Waals surface area (Å²) in [6.45, 7) is 9.20. The Morgan fingerprint density at radius 2 is 1.89 bits per heavy atom. The smallest absolute Gasteiger partial charge is 0.307 e. The second-order valence-corrected chi connectivity index (χ2v) is 5.51. The maximum atomic E-state index is 11.8. The summed E-state index contributed by atoms with van der Waals surface area (Å²) in [5.74, 6) is -0.111. The molecule has 0 radical (unpaired) electrons. The molecule has 1 aliphatic heterocycles. The summed E-state index contributed by atoms with van der Waals surface area (Å²) in [7, 11) is 3.84. The largest absolute Gasteiger partial charge is 0.466 e. The SMILES string of the molecule is CCOC(=O)CC(C)(CCOC)N1CCN(C)CC1.